The number of aromatic nitrogens is 4. The zero-order valence-corrected chi connectivity index (χ0v) is 15.5. The molecule has 2 amide bonds. The molecule has 1 saturated heterocycles. The molecule has 1 aliphatic rings. The maximum Gasteiger partial charge on any atom is 0.319 e. The van der Waals surface area contributed by atoms with E-state index in [9.17, 15) is 4.79 Å². The van der Waals surface area contributed by atoms with Gasteiger partial charge in [-0.25, -0.2) is 19.7 Å². The van der Waals surface area contributed by atoms with Crippen molar-refractivity contribution in [3.8, 4) is 5.69 Å². The average Bonchev–Trinajstić information content (AvgIpc) is 3.29. The highest BCUT2D eigenvalue weighted by Gasteiger charge is 2.22. The maximum atomic E-state index is 12.2. The van der Waals surface area contributed by atoms with Crippen LogP contribution < -0.4 is 15.5 Å². The number of rotatable bonds is 5. The summed E-state index contributed by atoms with van der Waals surface area (Å²) < 4.78 is 1.91. The fourth-order valence-corrected chi connectivity index (χ4v) is 3.41. The third-order valence-electron chi connectivity index (χ3n) is 4.83. The van der Waals surface area contributed by atoms with Crippen LogP contribution in [0.3, 0.4) is 0 Å². The number of nitrogens with one attached hydrogen (secondary N) is 2. The molecule has 1 aromatic carbocycles. The summed E-state index contributed by atoms with van der Waals surface area (Å²) >= 11 is 0. The first-order chi connectivity index (χ1) is 13.8. The summed E-state index contributed by atoms with van der Waals surface area (Å²) in [5.74, 6) is 1.14. The first-order valence-corrected chi connectivity index (χ1v) is 9.43. The largest absolute Gasteiger partial charge is 0.340 e. The van der Waals surface area contributed by atoms with Gasteiger partial charge in [0.1, 0.15) is 0 Å². The predicted octanol–water partition coefficient (Wildman–Crippen LogP) is 2.70. The van der Waals surface area contributed by atoms with Gasteiger partial charge in [0.15, 0.2) is 0 Å². The van der Waals surface area contributed by atoms with Gasteiger partial charge in [-0.05, 0) is 49.1 Å². The maximum absolute atomic E-state index is 12.2. The lowest BCUT2D eigenvalue weighted by molar-refractivity contribution is 0.249. The number of hydrogen-bond donors (Lipinski definition) is 2. The number of carbonyl (C=O) groups excluding carboxylic acids is 1. The highest BCUT2D eigenvalue weighted by molar-refractivity contribution is 5.89. The predicted molar refractivity (Wildman–Crippen MR) is 108 cm³/mol. The molecule has 2 aromatic heterocycles. The van der Waals surface area contributed by atoms with Crippen LogP contribution in [0.2, 0.25) is 0 Å². The van der Waals surface area contributed by atoms with Crippen LogP contribution in [0, 0.1) is 5.92 Å². The monoisotopic (exact) mass is 377 g/mol. The van der Waals surface area contributed by atoms with Crippen molar-refractivity contribution >= 4 is 17.7 Å². The van der Waals surface area contributed by atoms with Crippen LogP contribution in [0.4, 0.5) is 16.4 Å². The van der Waals surface area contributed by atoms with E-state index in [2.05, 4.69) is 30.5 Å². The lowest BCUT2D eigenvalue weighted by Crippen LogP contribution is -2.42. The molecular formula is C20H23N7O. The Kier molecular flexibility index (Phi) is 5.46. The average molecular weight is 377 g/mol. The number of benzene rings is 1. The van der Waals surface area contributed by atoms with E-state index in [1.807, 2.05) is 41.1 Å². The van der Waals surface area contributed by atoms with Crippen LogP contribution >= 0.6 is 0 Å². The second kappa shape index (κ2) is 8.51. The number of carbonyl (C=O) groups is 1. The Hall–Kier alpha value is -3.42. The molecule has 1 aliphatic heterocycles. The molecule has 0 spiro atoms. The lowest BCUT2D eigenvalue weighted by Gasteiger charge is -2.32. The minimum atomic E-state index is -0.191. The zero-order chi connectivity index (χ0) is 19.2. The summed E-state index contributed by atoms with van der Waals surface area (Å²) in [7, 11) is 0. The standard InChI is InChI=1S/C20H23N7O/c28-20(25-17-4-6-18(7-5-17)27-12-10-21-15-27)24-13-16-3-1-11-26(14-16)19-22-8-2-9-23-19/h2,4-10,12,15-16H,1,3,11,13-14H2,(H2,24,25,28)/t16-/m1/s1. The summed E-state index contributed by atoms with van der Waals surface area (Å²) in [5, 5.41) is 5.87. The van der Waals surface area contributed by atoms with Gasteiger partial charge in [-0.2, -0.15) is 0 Å². The van der Waals surface area contributed by atoms with E-state index in [0.717, 1.165) is 43.3 Å². The molecule has 8 heteroatoms. The minimum absolute atomic E-state index is 0.191. The minimum Gasteiger partial charge on any atom is -0.340 e. The van der Waals surface area contributed by atoms with E-state index in [1.54, 1.807) is 24.9 Å². The molecular weight excluding hydrogens is 354 g/mol. The molecule has 0 saturated carbocycles. The van der Waals surface area contributed by atoms with Crippen LogP contribution in [0.5, 0.6) is 0 Å². The van der Waals surface area contributed by atoms with Crippen LogP contribution in [0.25, 0.3) is 5.69 Å². The highest BCUT2D eigenvalue weighted by atomic mass is 16.2. The van der Waals surface area contributed by atoms with Crippen molar-refractivity contribution in [2.24, 2.45) is 5.92 Å². The van der Waals surface area contributed by atoms with E-state index in [-0.39, 0.29) is 6.03 Å². The molecule has 2 N–H and O–H groups in total. The Bertz CT molecular complexity index is 881. The number of amides is 2. The third kappa shape index (κ3) is 4.46. The number of anilines is 2. The second-order valence-electron chi connectivity index (χ2n) is 6.85. The summed E-state index contributed by atoms with van der Waals surface area (Å²) in [6.45, 7) is 2.43. The second-order valence-corrected chi connectivity index (χ2v) is 6.85. The SMILES string of the molecule is O=C(NC[C@H]1CCCN(c2ncccn2)C1)Nc1ccc(-n2ccnc2)cc1. The van der Waals surface area contributed by atoms with Gasteiger partial charge in [-0.1, -0.05) is 0 Å². The van der Waals surface area contributed by atoms with Gasteiger partial charge >= 0.3 is 6.03 Å². The van der Waals surface area contributed by atoms with E-state index >= 15 is 0 Å². The number of imidazole rings is 1. The Labute approximate surface area is 163 Å². The molecule has 3 aromatic rings. The van der Waals surface area contributed by atoms with E-state index in [1.165, 1.54) is 0 Å². The summed E-state index contributed by atoms with van der Waals surface area (Å²) in [6.07, 6.45) is 11.0. The van der Waals surface area contributed by atoms with Gasteiger partial charge in [0.2, 0.25) is 5.95 Å². The van der Waals surface area contributed by atoms with Crippen LogP contribution in [0.15, 0.2) is 61.4 Å². The Morgan fingerprint density at radius 1 is 1.14 bits per heavy atom. The van der Waals surface area contributed by atoms with Crippen LogP contribution in [-0.2, 0) is 0 Å². The number of piperidine rings is 1. The summed E-state index contributed by atoms with van der Waals surface area (Å²) in [5.41, 5.74) is 1.75. The molecule has 3 heterocycles. The fourth-order valence-electron chi connectivity index (χ4n) is 3.41. The molecule has 0 bridgehead atoms. The topological polar surface area (TPSA) is 88.0 Å². The van der Waals surface area contributed by atoms with Crippen molar-refractivity contribution in [1.82, 2.24) is 24.8 Å². The van der Waals surface area contributed by atoms with E-state index in [0.29, 0.717) is 12.5 Å². The smallest absolute Gasteiger partial charge is 0.319 e. The number of urea groups is 1. The van der Waals surface area contributed by atoms with Crippen molar-refractivity contribution in [3.05, 3.63) is 61.4 Å². The Balaban J connectivity index is 1.26. The van der Waals surface area contributed by atoms with Gasteiger partial charge in [-0.15, -0.1) is 0 Å². The fraction of sp³-hybridized carbons (Fsp3) is 0.300. The van der Waals surface area contributed by atoms with Crippen molar-refractivity contribution < 1.29 is 4.79 Å². The number of nitrogens with zero attached hydrogens (tertiary/aromatic N) is 5. The van der Waals surface area contributed by atoms with Gasteiger partial charge in [0, 0.05) is 55.8 Å². The lowest BCUT2D eigenvalue weighted by atomic mass is 9.98. The quantitative estimate of drug-likeness (QED) is 0.714. The molecule has 28 heavy (non-hydrogen) atoms. The molecule has 0 radical (unpaired) electrons. The van der Waals surface area contributed by atoms with Crippen molar-refractivity contribution in [1.29, 1.82) is 0 Å². The first kappa shape index (κ1) is 18.0. The van der Waals surface area contributed by atoms with E-state index in [4.69, 9.17) is 0 Å². The Morgan fingerprint density at radius 3 is 2.71 bits per heavy atom. The van der Waals surface area contributed by atoms with Gasteiger partial charge in [0.05, 0.1) is 6.33 Å². The zero-order valence-electron chi connectivity index (χ0n) is 15.5. The van der Waals surface area contributed by atoms with Crippen LogP contribution in [0.1, 0.15) is 12.8 Å². The Morgan fingerprint density at radius 2 is 1.96 bits per heavy atom. The van der Waals surface area contributed by atoms with Crippen molar-refractivity contribution in [2.75, 3.05) is 29.9 Å². The molecule has 0 aliphatic carbocycles. The molecule has 1 atom stereocenters. The molecule has 1 fully saturated rings. The molecule has 8 nitrogen and oxygen atoms in total. The van der Waals surface area contributed by atoms with E-state index < -0.39 is 0 Å². The van der Waals surface area contributed by atoms with Gasteiger partial charge < -0.3 is 20.1 Å². The first-order valence-electron chi connectivity index (χ1n) is 9.43. The normalized spacial score (nSPS) is 16.6. The molecule has 0 unspecified atom stereocenters. The summed E-state index contributed by atoms with van der Waals surface area (Å²) in [4.78, 5) is 27.1. The highest BCUT2D eigenvalue weighted by Crippen LogP contribution is 2.19. The number of hydrogen-bond acceptors (Lipinski definition) is 5. The van der Waals surface area contributed by atoms with Crippen molar-refractivity contribution in [2.45, 2.75) is 12.8 Å². The van der Waals surface area contributed by atoms with Crippen molar-refractivity contribution in [3.63, 3.8) is 0 Å². The molecule has 144 valence electrons. The van der Waals surface area contributed by atoms with Gasteiger partial charge in [0.25, 0.3) is 0 Å². The van der Waals surface area contributed by atoms with Crippen LogP contribution in [-0.4, -0.2) is 45.2 Å². The summed E-state index contributed by atoms with van der Waals surface area (Å²) in [6, 6.07) is 9.27. The third-order valence-corrected chi connectivity index (χ3v) is 4.83. The molecule has 4 rings (SSSR count). The van der Waals surface area contributed by atoms with Gasteiger partial charge in [-0.3, -0.25) is 0 Å².